The zero-order valence-electron chi connectivity index (χ0n) is 10.8. The van der Waals surface area contributed by atoms with Gasteiger partial charge >= 0.3 is 6.03 Å². The topological polar surface area (TPSA) is 65.5 Å². The number of halogens is 1. The first-order chi connectivity index (χ1) is 8.28. The standard InChI is InChI=1S/C12H18ClN3O2/c1-12(2,18)8-16(3)11(17)15-7-10-5-4-9(13)6-14-10/h4-6,18H,7-8H2,1-3H3,(H,15,17). The summed E-state index contributed by atoms with van der Waals surface area (Å²) >= 11 is 5.71. The third kappa shape index (κ3) is 5.33. The fourth-order valence-corrected chi connectivity index (χ4v) is 1.58. The monoisotopic (exact) mass is 271 g/mol. The van der Waals surface area contributed by atoms with E-state index >= 15 is 0 Å². The van der Waals surface area contributed by atoms with Gasteiger partial charge in [-0.25, -0.2) is 4.79 Å². The van der Waals surface area contributed by atoms with Crippen molar-refractivity contribution in [1.82, 2.24) is 15.2 Å². The lowest BCUT2D eigenvalue weighted by Crippen LogP contribution is -2.44. The number of carbonyl (C=O) groups excluding carboxylic acids is 1. The van der Waals surface area contributed by atoms with E-state index in [-0.39, 0.29) is 12.6 Å². The van der Waals surface area contributed by atoms with Gasteiger partial charge in [-0.05, 0) is 26.0 Å². The molecule has 0 unspecified atom stereocenters. The Hall–Kier alpha value is -1.33. The number of aromatic nitrogens is 1. The predicted octanol–water partition coefficient (Wildman–Crippen LogP) is 1.65. The first-order valence-corrected chi connectivity index (χ1v) is 5.97. The Morgan fingerprint density at radius 3 is 2.72 bits per heavy atom. The van der Waals surface area contributed by atoms with Crippen molar-refractivity contribution in [2.24, 2.45) is 0 Å². The maximum Gasteiger partial charge on any atom is 0.317 e. The van der Waals surface area contributed by atoms with Gasteiger partial charge in [0.1, 0.15) is 0 Å². The van der Waals surface area contributed by atoms with E-state index in [2.05, 4.69) is 10.3 Å². The van der Waals surface area contributed by atoms with Crippen molar-refractivity contribution in [2.45, 2.75) is 26.0 Å². The average Bonchev–Trinajstić information content (AvgIpc) is 2.25. The minimum absolute atomic E-state index is 0.256. The highest BCUT2D eigenvalue weighted by Gasteiger charge is 2.18. The van der Waals surface area contributed by atoms with Gasteiger partial charge in [-0.2, -0.15) is 0 Å². The molecule has 2 amide bonds. The SMILES string of the molecule is CN(CC(C)(C)O)C(=O)NCc1ccc(Cl)cn1. The van der Waals surface area contributed by atoms with Crippen molar-refractivity contribution < 1.29 is 9.90 Å². The first-order valence-electron chi connectivity index (χ1n) is 5.60. The number of nitrogens with one attached hydrogen (secondary N) is 1. The van der Waals surface area contributed by atoms with Gasteiger partial charge in [0.25, 0.3) is 0 Å². The summed E-state index contributed by atoms with van der Waals surface area (Å²) in [5, 5.41) is 12.9. The lowest BCUT2D eigenvalue weighted by Gasteiger charge is -2.25. The molecule has 2 N–H and O–H groups in total. The average molecular weight is 272 g/mol. The number of aliphatic hydroxyl groups is 1. The van der Waals surface area contributed by atoms with E-state index < -0.39 is 5.60 Å². The summed E-state index contributed by atoms with van der Waals surface area (Å²) in [6.45, 7) is 3.88. The Kier molecular flexibility index (Phi) is 4.93. The molecule has 0 atom stereocenters. The summed E-state index contributed by atoms with van der Waals surface area (Å²) in [4.78, 5) is 17.2. The van der Waals surface area contributed by atoms with Crippen molar-refractivity contribution in [3.8, 4) is 0 Å². The molecule has 0 aliphatic carbocycles. The Morgan fingerprint density at radius 1 is 1.56 bits per heavy atom. The Morgan fingerprint density at radius 2 is 2.22 bits per heavy atom. The minimum atomic E-state index is -0.912. The van der Waals surface area contributed by atoms with Crippen LogP contribution in [0.1, 0.15) is 19.5 Å². The van der Waals surface area contributed by atoms with Gasteiger partial charge in [0, 0.05) is 13.2 Å². The number of urea groups is 1. The molecular formula is C12H18ClN3O2. The van der Waals surface area contributed by atoms with Crippen LogP contribution in [0.4, 0.5) is 4.79 Å². The van der Waals surface area contributed by atoms with E-state index in [4.69, 9.17) is 11.6 Å². The second kappa shape index (κ2) is 6.02. The maximum absolute atomic E-state index is 11.7. The summed E-state index contributed by atoms with van der Waals surface area (Å²) in [5.74, 6) is 0. The number of amides is 2. The summed E-state index contributed by atoms with van der Waals surface area (Å²) in [6, 6.07) is 3.21. The quantitative estimate of drug-likeness (QED) is 0.875. The van der Waals surface area contributed by atoms with E-state index in [1.165, 1.54) is 11.1 Å². The summed E-state index contributed by atoms with van der Waals surface area (Å²) in [6.07, 6.45) is 1.53. The van der Waals surface area contributed by atoms with Crippen molar-refractivity contribution in [2.75, 3.05) is 13.6 Å². The minimum Gasteiger partial charge on any atom is -0.389 e. The highest BCUT2D eigenvalue weighted by molar-refractivity contribution is 6.30. The van der Waals surface area contributed by atoms with Crippen LogP contribution in [-0.4, -0.2) is 40.2 Å². The molecule has 100 valence electrons. The van der Waals surface area contributed by atoms with E-state index in [1.54, 1.807) is 33.0 Å². The van der Waals surface area contributed by atoms with Crippen LogP contribution in [0.25, 0.3) is 0 Å². The van der Waals surface area contributed by atoms with Crippen LogP contribution in [0, 0.1) is 0 Å². The lowest BCUT2D eigenvalue weighted by molar-refractivity contribution is 0.0531. The lowest BCUT2D eigenvalue weighted by atomic mass is 10.1. The highest BCUT2D eigenvalue weighted by atomic mass is 35.5. The number of carbonyl (C=O) groups is 1. The predicted molar refractivity (Wildman–Crippen MR) is 70.4 cm³/mol. The summed E-state index contributed by atoms with van der Waals surface area (Å²) < 4.78 is 0. The number of hydrogen-bond acceptors (Lipinski definition) is 3. The normalized spacial score (nSPS) is 11.2. The van der Waals surface area contributed by atoms with Gasteiger partial charge in [-0.1, -0.05) is 11.6 Å². The van der Waals surface area contributed by atoms with Crippen molar-refractivity contribution >= 4 is 17.6 Å². The third-order valence-electron chi connectivity index (χ3n) is 2.18. The molecule has 0 saturated heterocycles. The largest absolute Gasteiger partial charge is 0.389 e. The number of rotatable bonds is 4. The van der Waals surface area contributed by atoms with Gasteiger partial charge in [0.05, 0.1) is 29.4 Å². The first kappa shape index (κ1) is 14.7. The summed E-state index contributed by atoms with van der Waals surface area (Å²) in [5.41, 5.74) is -0.186. The number of hydrogen-bond donors (Lipinski definition) is 2. The molecule has 0 aliphatic heterocycles. The van der Waals surface area contributed by atoms with Gasteiger partial charge in [-0.3, -0.25) is 4.98 Å². The molecule has 0 fully saturated rings. The van der Waals surface area contributed by atoms with Crippen LogP contribution in [0.3, 0.4) is 0 Å². The molecule has 0 bridgehead atoms. The summed E-state index contributed by atoms with van der Waals surface area (Å²) in [7, 11) is 1.63. The Labute approximate surface area is 112 Å². The molecule has 0 spiro atoms. The zero-order chi connectivity index (χ0) is 13.8. The van der Waals surface area contributed by atoms with Crippen LogP contribution in [0.15, 0.2) is 18.3 Å². The molecule has 0 radical (unpaired) electrons. The molecule has 1 aromatic rings. The molecule has 1 rings (SSSR count). The molecule has 5 nitrogen and oxygen atoms in total. The second-order valence-electron chi connectivity index (χ2n) is 4.79. The number of pyridine rings is 1. The van der Waals surface area contributed by atoms with Crippen LogP contribution >= 0.6 is 11.6 Å². The third-order valence-corrected chi connectivity index (χ3v) is 2.40. The Balaban J connectivity index is 2.43. The van der Waals surface area contributed by atoms with Crippen LogP contribution in [0.5, 0.6) is 0 Å². The molecule has 0 aliphatic rings. The molecule has 18 heavy (non-hydrogen) atoms. The smallest absolute Gasteiger partial charge is 0.317 e. The molecule has 6 heteroatoms. The molecule has 1 aromatic heterocycles. The molecule has 1 heterocycles. The zero-order valence-corrected chi connectivity index (χ0v) is 11.5. The van der Waals surface area contributed by atoms with E-state index in [0.29, 0.717) is 11.6 Å². The number of nitrogens with zero attached hydrogens (tertiary/aromatic N) is 2. The van der Waals surface area contributed by atoms with Crippen LogP contribution in [-0.2, 0) is 6.54 Å². The van der Waals surface area contributed by atoms with Crippen LogP contribution < -0.4 is 5.32 Å². The van der Waals surface area contributed by atoms with Crippen molar-refractivity contribution in [1.29, 1.82) is 0 Å². The second-order valence-corrected chi connectivity index (χ2v) is 5.23. The van der Waals surface area contributed by atoms with Crippen molar-refractivity contribution in [3.05, 3.63) is 29.0 Å². The highest BCUT2D eigenvalue weighted by Crippen LogP contribution is 2.06. The molecule has 0 aromatic carbocycles. The fourth-order valence-electron chi connectivity index (χ4n) is 1.46. The maximum atomic E-state index is 11.7. The Bertz CT molecular complexity index is 401. The fraction of sp³-hybridized carbons (Fsp3) is 0.500. The van der Waals surface area contributed by atoms with Crippen LogP contribution in [0.2, 0.25) is 5.02 Å². The van der Waals surface area contributed by atoms with Gasteiger partial charge in [0.2, 0.25) is 0 Å². The van der Waals surface area contributed by atoms with Crippen molar-refractivity contribution in [3.63, 3.8) is 0 Å². The van der Waals surface area contributed by atoms with E-state index in [9.17, 15) is 9.90 Å². The van der Waals surface area contributed by atoms with E-state index in [1.807, 2.05) is 0 Å². The number of likely N-dealkylation sites (N-methyl/N-ethyl adjacent to an activating group) is 1. The van der Waals surface area contributed by atoms with E-state index in [0.717, 1.165) is 5.69 Å². The van der Waals surface area contributed by atoms with Gasteiger partial charge < -0.3 is 15.3 Å². The molecular weight excluding hydrogens is 254 g/mol. The molecule has 0 saturated carbocycles. The van der Waals surface area contributed by atoms with Gasteiger partial charge in [0.15, 0.2) is 0 Å². The van der Waals surface area contributed by atoms with Gasteiger partial charge in [-0.15, -0.1) is 0 Å².